The Balaban J connectivity index is 1.56. The summed E-state index contributed by atoms with van der Waals surface area (Å²) in [4.78, 5) is 25.0. The Morgan fingerprint density at radius 1 is 1.20 bits per heavy atom. The molecule has 0 saturated carbocycles. The van der Waals surface area contributed by atoms with E-state index in [0.717, 1.165) is 24.0 Å². The van der Waals surface area contributed by atoms with Gasteiger partial charge < -0.3 is 20.5 Å². The molecule has 3 heterocycles. The summed E-state index contributed by atoms with van der Waals surface area (Å²) < 4.78 is 27.4. The van der Waals surface area contributed by atoms with Crippen molar-refractivity contribution >= 4 is 33.8 Å². The molecule has 238 valence electrons. The van der Waals surface area contributed by atoms with Gasteiger partial charge in [-0.15, -0.1) is 0 Å². The fourth-order valence-electron chi connectivity index (χ4n) is 5.50. The number of ether oxygens (including phenoxy) is 2. The van der Waals surface area contributed by atoms with Crippen molar-refractivity contribution in [2.45, 2.75) is 20.4 Å². The van der Waals surface area contributed by atoms with E-state index in [1.165, 1.54) is 24.5 Å². The third-order valence-electron chi connectivity index (χ3n) is 7.78. The summed E-state index contributed by atoms with van der Waals surface area (Å²) in [5, 5.41) is 13.4. The van der Waals surface area contributed by atoms with Crippen LogP contribution in [0.4, 0.5) is 16.0 Å². The molecule has 0 spiro atoms. The monoisotopic (exact) mass is 623 g/mol. The predicted octanol–water partition coefficient (Wildman–Crippen LogP) is 5.13. The third kappa shape index (κ3) is 7.06. The normalized spacial score (nSPS) is 14.3. The number of nitrogens with one attached hydrogen (secondary N) is 2. The number of anilines is 2. The Labute approximate surface area is 267 Å². The zero-order valence-electron chi connectivity index (χ0n) is 26.1. The first-order valence-corrected chi connectivity index (χ1v) is 15.1. The molecule has 46 heavy (non-hydrogen) atoms. The summed E-state index contributed by atoms with van der Waals surface area (Å²) in [7, 11) is 0. The molecule has 1 saturated heterocycles. The topological polar surface area (TPSA) is 131 Å². The van der Waals surface area contributed by atoms with Gasteiger partial charge in [0.05, 0.1) is 42.1 Å². The van der Waals surface area contributed by atoms with E-state index in [2.05, 4.69) is 26.8 Å². The van der Waals surface area contributed by atoms with Crippen molar-refractivity contribution in [2.75, 3.05) is 50.5 Å². The highest BCUT2D eigenvalue weighted by molar-refractivity contribution is 6.16. The van der Waals surface area contributed by atoms with Crippen LogP contribution >= 0.6 is 0 Å². The fraction of sp³-hybridized carbons (Fsp3) is 0.257. The van der Waals surface area contributed by atoms with Gasteiger partial charge in [-0.05, 0) is 55.1 Å². The van der Waals surface area contributed by atoms with Crippen molar-refractivity contribution < 1.29 is 13.9 Å². The molecule has 0 unspecified atom stereocenters. The number of fused-ring (bicyclic) bond motifs is 1. The number of morpholine rings is 1. The molecule has 0 bridgehead atoms. The number of halogens is 1. The number of nitrogens with zero attached hydrogens (tertiary/aromatic N) is 4. The molecule has 4 aromatic rings. The number of aromatic nitrogens is 3. The molecule has 2 aromatic carbocycles. The molecule has 0 amide bonds. The average molecular weight is 624 g/mol. The molecule has 2 aromatic heterocycles. The Hall–Kier alpha value is -5.13. The van der Waals surface area contributed by atoms with Crippen LogP contribution in [-0.2, 0) is 16.0 Å². The summed E-state index contributed by atoms with van der Waals surface area (Å²) in [5.41, 5.74) is 8.42. The molecule has 1 aliphatic heterocycles. The van der Waals surface area contributed by atoms with Gasteiger partial charge in [0, 0.05) is 30.9 Å². The number of hydrogen-bond donors (Lipinski definition) is 3. The number of aryl methyl sites for hydroxylation is 1. The number of allylic oxidation sites excluding steroid dienone is 4. The van der Waals surface area contributed by atoms with Crippen LogP contribution < -0.4 is 16.6 Å². The smallest absolute Gasteiger partial charge is 0.263 e. The average Bonchev–Trinajstić information content (AvgIpc) is 3.05. The Morgan fingerprint density at radius 3 is 2.72 bits per heavy atom. The molecule has 1 aliphatic rings. The zero-order chi connectivity index (χ0) is 32.6. The molecule has 0 aliphatic carbocycles. The third-order valence-corrected chi connectivity index (χ3v) is 7.78. The Morgan fingerprint density at radius 2 is 1.98 bits per heavy atom. The van der Waals surface area contributed by atoms with E-state index in [-0.39, 0.29) is 35.0 Å². The van der Waals surface area contributed by atoms with Crippen LogP contribution in [0.5, 0.6) is 0 Å². The number of nitrogens with two attached hydrogens (primary N) is 1. The lowest BCUT2D eigenvalue weighted by atomic mass is 10.0. The number of rotatable bonds is 12. The van der Waals surface area contributed by atoms with E-state index in [1.807, 2.05) is 50.3 Å². The van der Waals surface area contributed by atoms with Gasteiger partial charge in [0.1, 0.15) is 36.1 Å². The molecule has 1 fully saturated rings. The van der Waals surface area contributed by atoms with Gasteiger partial charge >= 0.3 is 0 Å². The van der Waals surface area contributed by atoms with E-state index >= 15 is 0 Å². The van der Waals surface area contributed by atoms with Crippen molar-refractivity contribution in [3.63, 3.8) is 0 Å². The highest BCUT2D eigenvalue weighted by Crippen LogP contribution is 2.25. The SMILES string of the molecule is C=C/C(=C(\C=C/C)OCCN1CCOCC1)n1c(CNc2ncnc(N)c2C(=N)c2cccc(F)c2)cc2cccc(C)c2c1=O. The molecule has 0 atom stereocenters. The second-order valence-electron chi connectivity index (χ2n) is 10.8. The molecule has 4 N–H and O–H groups in total. The van der Waals surface area contributed by atoms with E-state index < -0.39 is 5.82 Å². The van der Waals surface area contributed by atoms with Crippen LogP contribution in [0.2, 0.25) is 0 Å². The largest absolute Gasteiger partial charge is 0.490 e. The molecule has 11 heteroatoms. The standard InChI is InChI=1S/C35H38FN7O3/c1-4-8-29(46-18-15-42-13-16-45-17-14-42)28(5-2)43-27(20-24-10-6-9-23(3)30(24)35(43)44)21-39-34-31(33(38)40-22-41-34)32(37)25-11-7-12-26(36)19-25/h4-12,19-20,22,37H,2,13-18,21H2,1,3H3,(H3,38,39,40,41)/b8-4-,29-28-,37-32?. The van der Waals surface area contributed by atoms with Crippen molar-refractivity contribution in [3.8, 4) is 0 Å². The van der Waals surface area contributed by atoms with Gasteiger partial charge in [-0.2, -0.15) is 0 Å². The van der Waals surface area contributed by atoms with Crippen molar-refractivity contribution in [1.29, 1.82) is 5.41 Å². The van der Waals surface area contributed by atoms with Gasteiger partial charge in [0.15, 0.2) is 0 Å². The van der Waals surface area contributed by atoms with Gasteiger partial charge in [-0.3, -0.25) is 19.7 Å². The fourth-order valence-corrected chi connectivity index (χ4v) is 5.50. The maximum Gasteiger partial charge on any atom is 0.263 e. The number of nitrogen functional groups attached to an aromatic ring is 1. The summed E-state index contributed by atoms with van der Waals surface area (Å²) in [5.74, 6) is 0.357. The van der Waals surface area contributed by atoms with Crippen LogP contribution in [0, 0.1) is 18.2 Å². The molecule has 0 radical (unpaired) electrons. The highest BCUT2D eigenvalue weighted by atomic mass is 19.1. The Kier molecular flexibility index (Phi) is 10.4. The van der Waals surface area contributed by atoms with Crippen LogP contribution in [0.3, 0.4) is 0 Å². The zero-order valence-corrected chi connectivity index (χ0v) is 26.1. The summed E-state index contributed by atoms with van der Waals surface area (Å²) in [6.07, 6.45) is 6.59. The minimum Gasteiger partial charge on any atom is -0.490 e. The first kappa shape index (κ1) is 32.3. The quantitative estimate of drug-likeness (QED) is 0.113. The maximum atomic E-state index is 14.3. The second kappa shape index (κ2) is 14.8. The van der Waals surface area contributed by atoms with E-state index in [9.17, 15) is 9.18 Å². The van der Waals surface area contributed by atoms with Crippen LogP contribution in [0.1, 0.15) is 29.3 Å². The first-order chi connectivity index (χ1) is 22.3. The minimum atomic E-state index is -0.476. The van der Waals surface area contributed by atoms with Crippen molar-refractivity contribution in [1.82, 2.24) is 19.4 Å². The summed E-state index contributed by atoms with van der Waals surface area (Å²) in [6.45, 7) is 12.2. The minimum absolute atomic E-state index is 0.0395. The van der Waals surface area contributed by atoms with Crippen LogP contribution in [-0.4, -0.2) is 64.6 Å². The number of benzene rings is 2. The van der Waals surface area contributed by atoms with Crippen LogP contribution in [0.25, 0.3) is 16.5 Å². The molecule has 10 nitrogen and oxygen atoms in total. The maximum absolute atomic E-state index is 14.3. The van der Waals surface area contributed by atoms with Crippen molar-refractivity contribution in [3.05, 3.63) is 124 Å². The molecule has 5 rings (SSSR count). The molecular weight excluding hydrogens is 585 g/mol. The number of hydrogen-bond acceptors (Lipinski definition) is 9. The number of pyridine rings is 1. The van der Waals surface area contributed by atoms with Crippen LogP contribution in [0.15, 0.2) is 90.2 Å². The van der Waals surface area contributed by atoms with Gasteiger partial charge in [-0.1, -0.05) is 43.0 Å². The summed E-state index contributed by atoms with van der Waals surface area (Å²) >= 11 is 0. The van der Waals surface area contributed by atoms with E-state index in [0.29, 0.717) is 54.5 Å². The van der Waals surface area contributed by atoms with Crippen molar-refractivity contribution in [2.24, 2.45) is 0 Å². The lowest BCUT2D eigenvalue weighted by Gasteiger charge is -2.26. The lowest BCUT2D eigenvalue weighted by Crippen LogP contribution is -2.38. The first-order valence-electron chi connectivity index (χ1n) is 15.1. The molecular formula is C35H38FN7O3. The van der Waals surface area contributed by atoms with Gasteiger partial charge in [0.25, 0.3) is 5.56 Å². The highest BCUT2D eigenvalue weighted by Gasteiger charge is 2.20. The summed E-state index contributed by atoms with van der Waals surface area (Å²) in [6, 6.07) is 13.4. The van der Waals surface area contributed by atoms with Gasteiger partial charge in [0.2, 0.25) is 0 Å². The van der Waals surface area contributed by atoms with E-state index in [1.54, 1.807) is 16.7 Å². The second-order valence-corrected chi connectivity index (χ2v) is 10.8. The predicted molar refractivity (Wildman–Crippen MR) is 180 cm³/mol. The van der Waals surface area contributed by atoms with Gasteiger partial charge in [-0.25, -0.2) is 14.4 Å². The Bertz CT molecular complexity index is 1880. The lowest BCUT2D eigenvalue weighted by molar-refractivity contribution is 0.0282. The van der Waals surface area contributed by atoms with E-state index in [4.69, 9.17) is 20.6 Å².